The average Bonchev–Trinajstić information content (AvgIpc) is 4.09. The largest absolute Gasteiger partial charge is 0.480 e. The van der Waals surface area contributed by atoms with Gasteiger partial charge >= 0.3 is 5.97 Å². The summed E-state index contributed by atoms with van der Waals surface area (Å²) in [6.07, 6.45) is 0.208. The first-order chi connectivity index (χ1) is 32.7. The van der Waals surface area contributed by atoms with E-state index in [9.17, 15) is 53.7 Å². The second kappa shape index (κ2) is 28.5. The molecule has 0 aliphatic carbocycles. The van der Waals surface area contributed by atoms with Crippen LogP contribution in [0, 0.1) is 0 Å². The number of hydrogen-bond donors (Lipinski definition) is 15. The number of aliphatic imine (C=N–C) groups is 3. The molecule has 7 amide bonds. The van der Waals surface area contributed by atoms with Crippen molar-refractivity contribution in [1.82, 2.24) is 36.4 Å². The first-order valence-corrected chi connectivity index (χ1v) is 23.2. The summed E-state index contributed by atoms with van der Waals surface area (Å²) in [5.74, 6) is -7.43. The summed E-state index contributed by atoms with van der Waals surface area (Å²) in [6.45, 7) is -1.13. The zero-order chi connectivity index (χ0) is 51.2. The number of guanidine groups is 3. The van der Waals surface area contributed by atoms with Crippen molar-refractivity contribution in [1.29, 1.82) is 0 Å². The third-order valence-electron chi connectivity index (χ3n) is 11.0. The number of aliphatic hydroxyl groups is 2. The van der Waals surface area contributed by atoms with Gasteiger partial charge in [-0.3, -0.25) is 48.5 Å². The number of rotatable bonds is 28. The van der Waals surface area contributed by atoms with Crippen LogP contribution in [0.15, 0.2) is 32.5 Å². The molecule has 8 atom stereocenters. The van der Waals surface area contributed by atoms with Gasteiger partial charge in [0.25, 0.3) is 0 Å². The number of nitrogens with zero attached hydrogens (tertiary/aromatic N) is 5. The van der Waals surface area contributed by atoms with Gasteiger partial charge in [0, 0.05) is 44.0 Å². The van der Waals surface area contributed by atoms with Crippen molar-refractivity contribution in [3.05, 3.63) is 22.4 Å². The van der Waals surface area contributed by atoms with Gasteiger partial charge in [0.2, 0.25) is 41.4 Å². The number of carbonyl (C=O) groups is 8. The van der Waals surface area contributed by atoms with Crippen molar-refractivity contribution in [2.75, 3.05) is 45.9 Å². The Morgan fingerprint density at radius 3 is 1.86 bits per heavy atom. The molecule has 384 valence electrons. The molecule has 0 spiro atoms. The second-order valence-electron chi connectivity index (χ2n) is 16.3. The van der Waals surface area contributed by atoms with Crippen molar-refractivity contribution in [3.63, 3.8) is 0 Å². The van der Waals surface area contributed by atoms with E-state index in [1.54, 1.807) is 17.5 Å². The summed E-state index contributed by atoms with van der Waals surface area (Å²) in [5, 5.41) is 44.5. The number of thiophene rings is 1. The van der Waals surface area contributed by atoms with E-state index >= 15 is 0 Å². The van der Waals surface area contributed by atoms with Gasteiger partial charge in [-0.1, -0.05) is 6.07 Å². The minimum atomic E-state index is -1.63. The van der Waals surface area contributed by atoms with Crippen LogP contribution in [0.25, 0.3) is 0 Å². The molecular formula is C40H67N17O11S. The van der Waals surface area contributed by atoms with Crippen molar-refractivity contribution < 1.29 is 53.7 Å². The fourth-order valence-corrected chi connectivity index (χ4v) is 8.32. The Kier molecular flexibility index (Phi) is 23.3. The van der Waals surface area contributed by atoms with Gasteiger partial charge in [0.05, 0.1) is 25.3 Å². The lowest BCUT2D eigenvalue weighted by Crippen LogP contribution is -2.59. The number of carboxylic acids is 1. The Balaban J connectivity index is 1.69. The fraction of sp³-hybridized carbons (Fsp3) is 0.625. The third kappa shape index (κ3) is 18.6. The van der Waals surface area contributed by atoms with Crippen LogP contribution >= 0.6 is 11.3 Å². The number of nitrogens with one attached hydrogen (secondary N) is 5. The van der Waals surface area contributed by atoms with Crippen molar-refractivity contribution in [2.24, 2.45) is 55.1 Å². The Labute approximate surface area is 401 Å². The molecule has 29 heteroatoms. The van der Waals surface area contributed by atoms with Crippen LogP contribution in [0.5, 0.6) is 0 Å². The molecule has 0 unspecified atom stereocenters. The topological polar surface area (TPSA) is 483 Å². The third-order valence-corrected chi connectivity index (χ3v) is 11.9. The molecule has 2 aliphatic heterocycles. The van der Waals surface area contributed by atoms with Crippen molar-refractivity contribution in [3.8, 4) is 0 Å². The Morgan fingerprint density at radius 2 is 1.29 bits per heavy atom. The summed E-state index contributed by atoms with van der Waals surface area (Å²) in [6, 6.07) is -5.71. The smallest absolute Gasteiger partial charge is 0.326 e. The monoisotopic (exact) mass is 993 g/mol. The minimum absolute atomic E-state index is 0.00489. The molecule has 69 heavy (non-hydrogen) atoms. The fourth-order valence-electron chi connectivity index (χ4n) is 7.56. The molecule has 3 rings (SSSR count). The molecule has 0 radical (unpaired) electrons. The first-order valence-electron chi connectivity index (χ1n) is 22.3. The molecule has 3 heterocycles. The number of aliphatic carboxylic acids is 1. The molecule has 28 nitrogen and oxygen atoms in total. The number of carbonyl (C=O) groups excluding carboxylic acids is 7. The zero-order valence-electron chi connectivity index (χ0n) is 38.2. The van der Waals surface area contributed by atoms with Gasteiger partial charge in [-0.15, -0.1) is 11.3 Å². The standard InChI is InChI=1S/C40H67N17O11S/c41-22(7-1-12-48-38(42)43)31(61)53-23(8-2-13-49-39(44)45)35(65)56-15-4-10-27(56)36(66)57-16-11-28(59)30(57)34(64)51-19-29(60)52-25(18-21-6-5-17-69-21)32(62)55-26(20-58)33(63)54-24(37(67)68)9-3-14-50-40(46)47/h5-6,17,22-28,30,58-59H,1-4,7-16,18-20,41H2,(H,51,64)(H,52,60)(H,53,61)(H,54,63)(H,55,62)(H,67,68)(H4,42,43,48)(H4,44,45,49)(H4,46,47,50)/t22-,23-,24-,25-,26-,27-,28-,30-/m0/s1. The molecule has 0 saturated carbocycles. The van der Waals surface area contributed by atoms with E-state index in [-0.39, 0.29) is 102 Å². The van der Waals surface area contributed by atoms with Gasteiger partial charge in [0.1, 0.15) is 36.3 Å². The summed E-state index contributed by atoms with van der Waals surface area (Å²) >= 11 is 1.26. The predicted molar refractivity (Wildman–Crippen MR) is 252 cm³/mol. The Morgan fingerprint density at radius 1 is 0.725 bits per heavy atom. The number of likely N-dealkylation sites (tertiary alicyclic amines) is 2. The number of nitrogens with two attached hydrogens (primary N) is 7. The number of amides is 7. The maximum atomic E-state index is 14.2. The van der Waals surface area contributed by atoms with Crippen molar-refractivity contribution in [2.45, 2.75) is 113 Å². The second-order valence-corrected chi connectivity index (χ2v) is 17.3. The lowest BCUT2D eigenvalue weighted by atomic mass is 10.1. The van der Waals surface area contributed by atoms with Crippen LogP contribution < -0.4 is 66.7 Å². The molecule has 22 N–H and O–H groups in total. The molecule has 2 aliphatic rings. The maximum Gasteiger partial charge on any atom is 0.326 e. The molecule has 1 aromatic heterocycles. The zero-order valence-corrected chi connectivity index (χ0v) is 39.0. The van der Waals surface area contributed by atoms with Gasteiger partial charge in [-0.05, 0) is 69.2 Å². The molecule has 1 aromatic rings. The van der Waals surface area contributed by atoms with E-state index in [1.165, 1.54) is 16.2 Å². The highest BCUT2D eigenvalue weighted by Crippen LogP contribution is 2.26. The number of carboxylic acid groups (broad SMARTS) is 1. The van der Waals surface area contributed by atoms with Crippen LogP contribution in [0.4, 0.5) is 0 Å². The van der Waals surface area contributed by atoms with Gasteiger partial charge < -0.3 is 91.8 Å². The van der Waals surface area contributed by atoms with E-state index in [0.717, 1.165) is 4.90 Å². The SMILES string of the molecule is NC(N)=NCCC[C@H](NC(=O)[C@H](CO)NC(=O)[C@H](Cc1cccs1)NC(=O)CNC(=O)[C@@H]1[C@@H](O)CCN1C(=O)[C@@H]1CCCN1C(=O)[C@H](CCCN=C(N)N)NC(=O)[C@@H](N)CCCN=C(N)N)C(=O)O. The highest BCUT2D eigenvalue weighted by atomic mass is 32.1. The van der Waals surface area contributed by atoms with Gasteiger partial charge in [0.15, 0.2) is 17.9 Å². The molecule has 0 aromatic carbocycles. The van der Waals surface area contributed by atoms with E-state index in [0.29, 0.717) is 17.7 Å². The highest BCUT2D eigenvalue weighted by molar-refractivity contribution is 7.09. The van der Waals surface area contributed by atoms with Crippen LogP contribution in [-0.4, -0.2) is 185 Å². The Hall–Kier alpha value is -6.85. The van der Waals surface area contributed by atoms with Crippen molar-refractivity contribution >= 4 is 76.5 Å². The first kappa shape index (κ1) is 56.5. The molecule has 2 saturated heterocycles. The van der Waals surface area contributed by atoms with E-state index in [2.05, 4.69) is 41.6 Å². The Bertz CT molecular complexity index is 2010. The molecular weight excluding hydrogens is 927 g/mol. The van der Waals surface area contributed by atoms with Crippen LogP contribution in [-0.2, 0) is 44.8 Å². The van der Waals surface area contributed by atoms with Crippen LogP contribution in [0.3, 0.4) is 0 Å². The van der Waals surface area contributed by atoms with Gasteiger partial charge in [-0.2, -0.15) is 0 Å². The number of hydrogen-bond acceptors (Lipinski definition) is 15. The summed E-state index contributed by atoms with van der Waals surface area (Å²) in [4.78, 5) is 122. The minimum Gasteiger partial charge on any atom is -0.480 e. The van der Waals surface area contributed by atoms with Gasteiger partial charge in [-0.25, -0.2) is 4.79 Å². The van der Waals surface area contributed by atoms with Crippen LogP contribution in [0.2, 0.25) is 0 Å². The summed E-state index contributed by atoms with van der Waals surface area (Å²) in [7, 11) is 0. The van der Waals surface area contributed by atoms with E-state index in [1.807, 2.05) is 0 Å². The summed E-state index contributed by atoms with van der Waals surface area (Å²) < 4.78 is 0. The maximum absolute atomic E-state index is 14.2. The van der Waals surface area contributed by atoms with E-state index in [4.69, 9.17) is 40.1 Å². The normalized spacial score (nSPS) is 18.6. The lowest BCUT2D eigenvalue weighted by Gasteiger charge is -2.33. The summed E-state index contributed by atoms with van der Waals surface area (Å²) in [5.41, 5.74) is 38.3. The predicted octanol–water partition coefficient (Wildman–Crippen LogP) is -7.14. The average molecular weight is 994 g/mol. The quantitative estimate of drug-likeness (QED) is 0.0211. The molecule has 2 fully saturated rings. The van der Waals surface area contributed by atoms with E-state index < -0.39 is 109 Å². The molecule has 0 bridgehead atoms. The lowest BCUT2D eigenvalue weighted by molar-refractivity contribution is -0.149. The van der Waals surface area contributed by atoms with Crippen LogP contribution in [0.1, 0.15) is 62.7 Å². The highest BCUT2D eigenvalue weighted by Gasteiger charge is 2.47. The number of aliphatic hydroxyl groups excluding tert-OH is 2.